The number of aromatic nitrogens is 1. The highest BCUT2D eigenvalue weighted by Gasteiger charge is 2.21. The van der Waals surface area contributed by atoms with Crippen LogP contribution in [-0.2, 0) is 4.74 Å². The number of halogens is 1. The molecule has 1 aromatic heterocycles. The topological polar surface area (TPSA) is 51.3 Å². The van der Waals surface area contributed by atoms with E-state index in [1.807, 2.05) is 57.2 Å². The molecule has 0 atom stereocenters. The Morgan fingerprint density at radius 2 is 1.71 bits per heavy atom. The molecule has 0 bridgehead atoms. The molecular weight excluding hydrogens is 446 g/mol. The summed E-state index contributed by atoms with van der Waals surface area (Å²) in [5.41, 5.74) is 2.55. The highest BCUT2D eigenvalue weighted by molar-refractivity contribution is 6.34. The first-order valence-electron chi connectivity index (χ1n) is 12.0. The number of terminal acetylenes is 1. The summed E-state index contributed by atoms with van der Waals surface area (Å²) >= 11 is 6.57. The molecule has 0 saturated heterocycles. The van der Waals surface area contributed by atoms with E-state index in [-0.39, 0.29) is 5.97 Å². The number of hydrogen-bond acceptors (Lipinski definition) is 3. The zero-order valence-corrected chi connectivity index (χ0v) is 21.1. The standard InChI is InChI=1S/C29H34ClNO3/c1-5-6-7-8-9-10-11-12-17-33-22-15-13-21(14-16-22)23-18-24-25(28(32)34-29(2,3)4)20-31-27(24)19-26(23)30/h1,13-16,18-20,31H,6-12,17H2,2-4H3. The molecule has 2 aromatic carbocycles. The molecule has 0 unspecified atom stereocenters. The highest BCUT2D eigenvalue weighted by atomic mass is 35.5. The molecule has 0 radical (unpaired) electrons. The minimum Gasteiger partial charge on any atom is -0.494 e. The monoisotopic (exact) mass is 479 g/mol. The van der Waals surface area contributed by atoms with Crippen molar-refractivity contribution in [2.75, 3.05) is 6.61 Å². The molecule has 0 aliphatic carbocycles. The van der Waals surface area contributed by atoms with Crippen LogP contribution in [0.1, 0.15) is 76.1 Å². The first kappa shape index (κ1) is 25.7. The van der Waals surface area contributed by atoms with Crippen molar-refractivity contribution in [2.24, 2.45) is 0 Å². The lowest BCUT2D eigenvalue weighted by atomic mass is 10.0. The summed E-state index contributed by atoms with van der Waals surface area (Å²) in [7, 11) is 0. The van der Waals surface area contributed by atoms with Gasteiger partial charge in [0.2, 0.25) is 0 Å². The predicted octanol–water partition coefficient (Wildman–Crippen LogP) is 8.19. The smallest absolute Gasteiger partial charge is 0.340 e. The maximum atomic E-state index is 12.6. The molecule has 34 heavy (non-hydrogen) atoms. The van der Waals surface area contributed by atoms with Gasteiger partial charge in [0.05, 0.1) is 17.2 Å². The van der Waals surface area contributed by atoms with Gasteiger partial charge in [0.1, 0.15) is 11.4 Å². The number of H-pyrrole nitrogens is 1. The van der Waals surface area contributed by atoms with E-state index in [9.17, 15) is 4.79 Å². The van der Waals surface area contributed by atoms with Crippen LogP contribution >= 0.6 is 11.6 Å². The van der Waals surface area contributed by atoms with Crippen molar-refractivity contribution in [1.29, 1.82) is 0 Å². The average Bonchev–Trinajstić information content (AvgIpc) is 3.19. The fraction of sp³-hybridized carbons (Fsp3) is 0.414. The number of unbranched alkanes of at least 4 members (excludes halogenated alkanes) is 6. The first-order chi connectivity index (χ1) is 16.3. The second kappa shape index (κ2) is 12.0. The molecule has 180 valence electrons. The second-order valence-corrected chi connectivity index (χ2v) is 9.94. The number of carbonyl (C=O) groups excluding carboxylic acids is 1. The molecule has 1 heterocycles. The molecule has 5 heteroatoms. The summed E-state index contributed by atoms with van der Waals surface area (Å²) in [4.78, 5) is 15.8. The number of nitrogens with one attached hydrogen (secondary N) is 1. The van der Waals surface area contributed by atoms with Gasteiger partial charge in [-0.2, -0.15) is 0 Å². The molecular formula is C29H34ClNO3. The van der Waals surface area contributed by atoms with E-state index in [4.69, 9.17) is 27.5 Å². The number of fused-ring (bicyclic) bond motifs is 1. The predicted molar refractivity (Wildman–Crippen MR) is 141 cm³/mol. The molecule has 1 N–H and O–H groups in total. The van der Waals surface area contributed by atoms with Crippen LogP contribution < -0.4 is 4.74 Å². The Kier molecular flexibility index (Phi) is 9.07. The number of rotatable bonds is 11. The van der Waals surface area contributed by atoms with Crippen molar-refractivity contribution < 1.29 is 14.3 Å². The lowest BCUT2D eigenvalue weighted by Gasteiger charge is -2.19. The Morgan fingerprint density at radius 3 is 2.38 bits per heavy atom. The van der Waals surface area contributed by atoms with Gasteiger partial charge >= 0.3 is 5.97 Å². The highest BCUT2D eigenvalue weighted by Crippen LogP contribution is 2.34. The van der Waals surface area contributed by atoms with Crippen LogP contribution in [0.15, 0.2) is 42.6 Å². The molecule has 0 fully saturated rings. The Balaban J connectivity index is 1.60. The second-order valence-electron chi connectivity index (χ2n) is 9.53. The third-order valence-corrected chi connectivity index (χ3v) is 5.85. The van der Waals surface area contributed by atoms with Gasteiger partial charge in [0.25, 0.3) is 0 Å². The zero-order valence-electron chi connectivity index (χ0n) is 20.4. The molecule has 0 aliphatic rings. The molecule has 0 aliphatic heterocycles. The summed E-state index contributed by atoms with van der Waals surface area (Å²) in [6.07, 6.45) is 14.8. The normalized spacial score (nSPS) is 11.4. The summed E-state index contributed by atoms with van der Waals surface area (Å²) in [6, 6.07) is 11.7. The quantitative estimate of drug-likeness (QED) is 0.171. The van der Waals surface area contributed by atoms with Gasteiger partial charge in [0, 0.05) is 29.1 Å². The molecule has 4 nitrogen and oxygen atoms in total. The van der Waals surface area contributed by atoms with E-state index in [1.165, 1.54) is 25.7 Å². The van der Waals surface area contributed by atoms with E-state index in [0.29, 0.717) is 17.2 Å². The van der Waals surface area contributed by atoms with Crippen LogP contribution in [0, 0.1) is 12.3 Å². The molecule has 0 saturated carbocycles. The van der Waals surface area contributed by atoms with Gasteiger partial charge in [-0.25, -0.2) is 4.79 Å². The Bertz CT molecular complexity index is 1130. The fourth-order valence-corrected chi connectivity index (χ4v) is 4.10. The van der Waals surface area contributed by atoms with Gasteiger partial charge in [-0.1, -0.05) is 49.4 Å². The SMILES string of the molecule is C#CCCCCCCCCOc1ccc(-c2cc3c(C(=O)OC(C)(C)C)c[nH]c3cc2Cl)cc1. The van der Waals surface area contributed by atoms with Crippen molar-refractivity contribution in [2.45, 2.75) is 71.3 Å². The summed E-state index contributed by atoms with van der Waals surface area (Å²) in [5.74, 6) is 3.17. The third kappa shape index (κ3) is 7.30. The Labute approximate surface area is 208 Å². The van der Waals surface area contributed by atoms with Crippen molar-refractivity contribution >= 4 is 28.5 Å². The lowest BCUT2D eigenvalue weighted by molar-refractivity contribution is 0.00719. The molecule has 0 amide bonds. The van der Waals surface area contributed by atoms with E-state index >= 15 is 0 Å². The minimum absolute atomic E-state index is 0.358. The number of benzene rings is 2. The van der Waals surface area contributed by atoms with E-state index in [0.717, 1.165) is 47.0 Å². The van der Waals surface area contributed by atoms with Gasteiger partial charge in [0.15, 0.2) is 0 Å². The van der Waals surface area contributed by atoms with Crippen molar-refractivity contribution in [3.05, 3.63) is 53.2 Å². The number of ether oxygens (including phenoxy) is 2. The number of esters is 1. The first-order valence-corrected chi connectivity index (χ1v) is 12.4. The lowest BCUT2D eigenvalue weighted by Crippen LogP contribution is -2.23. The van der Waals surface area contributed by atoms with Gasteiger partial charge < -0.3 is 14.5 Å². The zero-order chi connectivity index (χ0) is 24.6. The van der Waals surface area contributed by atoms with Gasteiger partial charge in [-0.05, 0) is 63.4 Å². The number of aromatic amines is 1. The average molecular weight is 480 g/mol. The van der Waals surface area contributed by atoms with Crippen LogP contribution in [0.25, 0.3) is 22.0 Å². The Hall–Kier alpha value is -2.90. The molecule has 0 spiro atoms. The van der Waals surface area contributed by atoms with Gasteiger partial charge in [-0.15, -0.1) is 12.3 Å². The number of hydrogen-bond donors (Lipinski definition) is 1. The Morgan fingerprint density at radius 1 is 1.03 bits per heavy atom. The van der Waals surface area contributed by atoms with Crippen LogP contribution in [0.2, 0.25) is 5.02 Å². The van der Waals surface area contributed by atoms with E-state index in [2.05, 4.69) is 10.9 Å². The summed E-state index contributed by atoms with van der Waals surface area (Å²) < 4.78 is 11.5. The van der Waals surface area contributed by atoms with Crippen LogP contribution in [0.5, 0.6) is 5.75 Å². The third-order valence-electron chi connectivity index (χ3n) is 5.54. The summed E-state index contributed by atoms with van der Waals surface area (Å²) in [5, 5.41) is 1.40. The van der Waals surface area contributed by atoms with Crippen LogP contribution in [0.3, 0.4) is 0 Å². The van der Waals surface area contributed by atoms with E-state index in [1.54, 1.807) is 6.20 Å². The maximum absolute atomic E-state index is 12.6. The minimum atomic E-state index is -0.562. The van der Waals surface area contributed by atoms with Crippen LogP contribution in [-0.4, -0.2) is 23.2 Å². The van der Waals surface area contributed by atoms with Crippen molar-refractivity contribution in [3.63, 3.8) is 0 Å². The molecule has 3 rings (SSSR count). The maximum Gasteiger partial charge on any atom is 0.340 e. The van der Waals surface area contributed by atoms with Crippen molar-refractivity contribution in [1.82, 2.24) is 4.98 Å². The van der Waals surface area contributed by atoms with Crippen LogP contribution in [0.4, 0.5) is 0 Å². The fourth-order valence-electron chi connectivity index (χ4n) is 3.82. The van der Waals surface area contributed by atoms with Crippen molar-refractivity contribution in [3.8, 4) is 29.2 Å². The largest absolute Gasteiger partial charge is 0.494 e. The number of carbonyl (C=O) groups is 1. The molecule has 3 aromatic rings. The van der Waals surface area contributed by atoms with E-state index < -0.39 is 5.60 Å². The van der Waals surface area contributed by atoms with Gasteiger partial charge in [-0.3, -0.25) is 0 Å². The summed E-state index contributed by atoms with van der Waals surface area (Å²) in [6.45, 7) is 6.27.